The molecule has 5 rings (SSSR count). The van der Waals surface area contributed by atoms with Crippen molar-refractivity contribution in [3.8, 4) is 5.75 Å². The fraction of sp³-hybridized carbons (Fsp3) is 0.345. The molecule has 0 unspecified atom stereocenters. The van der Waals surface area contributed by atoms with E-state index in [4.69, 9.17) is 21.4 Å². The van der Waals surface area contributed by atoms with Crippen molar-refractivity contribution in [2.24, 2.45) is 5.92 Å². The molecule has 0 bridgehead atoms. The second-order valence-electron chi connectivity index (χ2n) is 9.69. The number of ether oxygens (including phenoxy) is 1. The van der Waals surface area contributed by atoms with Crippen LogP contribution >= 0.6 is 11.6 Å². The van der Waals surface area contributed by atoms with E-state index in [1.54, 1.807) is 24.3 Å². The zero-order chi connectivity index (χ0) is 25.8. The number of pyridine rings is 1. The number of carbonyl (C=O) groups excluding carboxylic acids is 1. The SMILES string of the molecule is O=C(O)Oc1ccc2c(c1)[C@H](N(CCC1CCN(c3ccncc3)CC1)C(=O)c1ccccc1Cl)CC2. The van der Waals surface area contributed by atoms with E-state index in [1.807, 2.05) is 47.6 Å². The van der Waals surface area contributed by atoms with Gasteiger partial charge >= 0.3 is 6.16 Å². The first-order valence-electron chi connectivity index (χ1n) is 12.7. The van der Waals surface area contributed by atoms with E-state index in [9.17, 15) is 9.59 Å². The van der Waals surface area contributed by atoms with Crippen molar-refractivity contribution < 1.29 is 19.4 Å². The number of carbonyl (C=O) groups is 2. The van der Waals surface area contributed by atoms with Crippen LogP contribution in [0, 0.1) is 5.92 Å². The Morgan fingerprint density at radius 1 is 1.05 bits per heavy atom. The van der Waals surface area contributed by atoms with Crippen LogP contribution < -0.4 is 9.64 Å². The highest BCUT2D eigenvalue weighted by Crippen LogP contribution is 2.39. The van der Waals surface area contributed by atoms with Gasteiger partial charge in [0.2, 0.25) is 0 Å². The predicted molar refractivity (Wildman–Crippen MR) is 142 cm³/mol. The van der Waals surface area contributed by atoms with Crippen molar-refractivity contribution in [1.82, 2.24) is 9.88 Å². The van der Waals surface area contributed by atoms with Gasteiger partial charge in [0, 0.05) is 37.7 Å². The molecule has 1 amide bonds. The van der Waals surface area contributed by atoms with Crippen molar-refractivity contribution in [1.29, 1.82) is 0 Å². The van der Waals surface area contributed by atoms with Crippen LogP contribution in [0.2, 0.25) is 5.02 Å². The number of carboxylic acid groups (broad SMARTS) is 1. The zero-order valence-electron chi connectivity index (χ0n) is 20.6. The van der Waals surface area contributed by atoms with Crippen LogP contribution in [0.25, 0.3) is 0 Å². The summed E-state index contributed by atoms with van der Waals surface area (Å²) in [6.45, 7) is 2.57. The zero-order valence-corrected chi connectivity index (χ0v) is 21.3. The summed E-state index contributed by atoms with van der Waals surface area (Å²) < 4.78 is 4.92. The van der Waals surface area contributed by atoms with Crippen LogP contribution in [0.1, 0.15) is 53.2 Å². The molecule has 2 heterocycles. The smallest absolute Gasteiger partial charge is 0.449 e. The maximum atomic E-state index is 13.8. The van der Waals surface area contributed by atoms with Crippen LogP contribution in [0.4, 0.5) is 10.5 Å². The number of aryl methyl sites for hydroxylation is 1. The van der Waals surface area contributed by atoms with E-state index in [-0.39, 0.29) is 17.7 Å². The Balaban J connectivity index is 1.34. The average molecular weight is 520 g/mol. The second kappa shape index (κ2) is 11.2. The van der Waals surface area contributed by atoms with Gasteiger partial charge in [0.1, 0.15) is 5.75 Å². The van der Waals surface area contributed by atoms with Crippen molar-refractivity contribution in [3.63, 3.8) is 0 Å². The lowest BCUT2D eigenvalue weighted by Gasteiger charge is -2.36. The highest BCUT2D eigenvalue weighted by molar-refractivity contribution is 6.33. The molecule has 1 aliphatic carbocycles. The first-order chi connectivity index (χ1) is 18.0. The molecule has 1 aromatic heterocycles. The maximum absolute atomic E-state index is 13.8. The number of aromatic nitrogens is 1. The number of hydrogen-bond acceptors (Lipinski definition) is 5. The van der Waals surface area contributed by atoms with E-state index >= 15 is 0 Å². The summed E-state index contributed by atoms with van der Waals surface area (Å²) in [5, 5.41) is 9.50. The monoisotopic (exact) mass is 519 g/mol. The molecule has 37 heavy (non-hydrogen) atoms. The van der Waals surface area contributed by atoms with Crippen LogP contribution in [0.15, 0.2) is 67.0 Å². The standard InChI is InChI=1S/C29H30ClN3O4/c30-26-4-2-1-3-24(26)28(34)33(27-8-6-21-5-7-23(19-25(21)27)37-29(35)36)18-13-20-11-16-32(17-12-20)22-9-14-31-15-10-22/h1-5,7,9-10,14-15,19-20,27H,6,8,11-13,16-18H2,(H,35,36)/t27-/m1/s1. The number of piperidine rings is 1. The molecule has 1 aliphatic heterocycles. The molecule has 1 saturated heterocycles. The summed E-state index contributed by atoms with van der Waals surface area (Å²) in [5.41, 5.74) is 3.76. The van der Waals surface area contributed by atoms with Gasteiger partial charge in [0.25, 0.3) is 5.91 Å². The molecule has 1 N–H and O–H groups in total. The molecule has 7 nitrogen and oxygen atoms in total. The van der Waals surface area contributed by atoms with Crippen LogP contribution in [0.3, 0.4) is 0 Å². The number of anilines is 1. The Labute approximate surface area is 221 Å². The molecule has 0 spiro atoms. The van der Waals surface area contributed by atoms with E-state index in [0.29, 0.717) is 23.0 Å². The van der Waals surface area contributed by atoms with Gasteiger partial charge < -0.3 is 19.6 Å². The number of nitrogens with zero attached hydrogens (tertiary/aromatic N) is 3. The third kappa shape index (κ3) is 5.72. The van der Waals surface area contributed by atoms with Crippen LogP contribution in [-0.2, 0) is 6.42 Å². The minimum atomic E-state index is -1.35. The minimum absolute atomic E-state index is 0.0952. The van der Waals surface area contributed by atoms with Crippen molar-refractivity contribution in [3.05, 3.63) is 88.7 Å². The average Bonchev–Trinajstić information content (AvgIpc) is 3.32. The molecular formula is C29H30ClN3O4. The van der Waals surface area contributed by atoms with Crippen molar-refractivity contribution in [2.75, 3.05) is 24.5 Å². The molecule has 2 aliphatic rings. The van der Waals surface area contributed by atoms with Gasteiger partial charge in [0.05, 0.1) is 16.6 Å². The minimum Gasteiger partial charge on any atom is -0.449 e. The van der Waals surface area contributed by atoms with E-state index in [0.717, 1.165) is 56.3 Å². The molecule has 2 aromatic carbocycles. The van der Waals surface area contributed by atoms with Crippen LogP contribution in [-0.4, -0.2) is 46.7 Å². The Bertz CT molecular complexity index is 1260. The summed E-state index contributed by atoms with van der Waals surface area (Å²) in [5.74, 6) is 0.691. The fourth-order valence-electron chi connectivity index (χ4n) is 5.59. The van der Waals surface area contributed by atoms with Gasteiger partial charge in [-0.05, 0) is 85.5 Å². The number of halogens is 1. The fourth-order valence-corrected chi connectivity index (χ4v) is 5.81. The summed E-state index contributed by atoms with van der Waals surface area (Å²) in [4.78, 5) is 33.4. The molecule has 1 atom stereocenters. The normalized spacial score (nSPS) is 17.3. The number of amides is 1. The van der Waals surface area contributed by atoms with Gasteiger partial charge in [-0.3, -0.25) is 9.78 Å². The number of benzene rings is 2. The Morgan fingerprint density at radius 2 is 1.81 bits per heavy atom. The quantitative estimate of drug-likeness (QED) is 0.294. The Hall–Kier alpha value is -3.58. The van der Waals surface area contributed by atoms with Gasteiger partial charge in [-0.1, -0.05) is 29.8 Å². The summed E-state index contributed by atoms with van der Waals surface area (Å²) in [6.07, 6.45) is 6.93. The van der Waals surface area contributed by atoms with Gasteiger partial charge in [0.15, 0.2) is 0 Å². The maximum Gasteiger partial charge on any atom is 0.511 e. The highest BCUT2D eigenvalue weighted by Gasteiger charge is 2.33. The van der Waals surface area contributed by atoms with E-state index in [2.05, 4.69) is 9.88 Å². The number of rotatable bonds is 7. The molecule has 8 heteroatoms. The summed E-state index contributed by atoms with van der Waals surface area (Å²) in [7, 11) is 0. The Kier molecular flexibility index (Phi) is 7.60. The summed E-state index contributed by atoms with van der Waals surface area (Å²) in [6, 6.07) is 16.4. The predicted octanol–water partition coefficient (Wildman–Crippen LogP) is 6.23. The second-order valence-corrected chi connectivity index (χ2v) is 10.1. The molecule has 0 saturated carbocycles. The van der Waals surface area contributed by atoms with Gasteiger partial charge in [-0.2, -0.15) is 0 Å². The molecular weight excluding hydrogens is 490 g/mol. The first kappa shape index (κ1) is 25.1. The molecule has 192 valence electrons. The highest BCUT2D eigenvalue weighted by atomic mass is 35.5. The van der Waals surface area contributed by atoms with Crippen molar-refractivity contribution in [2.45, 2.75) is 38.1 Å². The van der Waals surface area contributed by atoms with Crippen molar-refractivity contribution >= 4 is 29.4 Å². The summed E-state index contributed by atoms with van der Waals surface area (Å²) >= 11 is 6.43. The van der Waals surface area contributed by atoms with Gasteiger partial charge in [-0.15, -0.1) is 0 Å². The lowest BCUT2D eigenvalue weighted by molar-refractivity contribution is 0.0659. The molecule has 1 fully saturated rings. The molecule has 0 radical (unpaired) electrons. The number of hydrogen-bond donors (Lipinski definition) is 1. The number of fused-ring (bicyclic) bond motifs is 1. The lowest BCUT2D eigenvalue weighted by atomic mass is 9.92. The van der Waals surface area contributed by atoms with Crippen LogP contribution in [0.5, 0.6) is 5.75 Å². The third-order valence-corrected chi connectivity index (χ3v) is 7.86. The lowest BCUT2D eigenvalue weighted by Crippen LogP contribution is -2.38. The van der Waals surface area contributed by atoms with Gasteiger partial charge in [-0.25, -0.2) is 4.79 Å². The Morgan fingerprint density at radius 3 is 2.54 bits per heavy atom. The molecule has 3 aromatic rings. The van der Waals surface area contributed by atoms with E-state index < -0.39 is 6.16 Å². The van der Waals surface area contributed by atoms with E-state index in [1.165, 1.54) is 5.69 Å². The largest absolute Gasteiger partial charge is 0.511 e. The topological polar surface area (TPSA) is 83.0 Å². The third-order valence-electron chi connectivity index (χ3n) is 7.53. The first-order valence-corrected chi connectivity index (χ1v) is 13.1.